The molecule has 0 amide bonds. The predicted octanol–water partition coefficient (Wildman–Crippen LogP) is 8.43. The summed E-state index contributed by atoms with van der Waals surface area (Å²) in [5.74, 6) is 1.59. The summed E-state index contributed by atoms with van der Waals surface area (Å²) in [6.45, 7) is 22.0. The summed E-state index contributed by atoms with van der Waals surface area (Å²) in [5, 5.41) is 0. The monoisotopic (exact) mass is 558 g/mol. The van der Waals surface area contributed by atoms with Gasteiger partial charge in [0, 0.05) is 5.92 Å². The second kappa shape index (κ2) is 14.5. The van der Waals surface area contributed by atoms with Crippen molar-refractivity contribution in [1.82, 2.24) is 0 Å². The van der Waals surface area contributed by atoms with Crippen LogP contribution >= 0.6 is 0 Å². The molecule has 1 aromatic rings. The Morgan fingerprint density at radius 3 is 2.31 bits per heavy atom. The normalized spacial score (nSPS) is 29.8. The first-order chi connectivity index (χ1) is 18.4. The third kappa shape index (κ3) is 8.78. The average molecular weight is 559 g/mol. The zero-order valence-electron chi connectivity index (χ0n) is 25.4. The van der Waals surface area contributed by atoms with Crippen LogP contribution in [0.1, 0.15) is 92.9 Å². The molecule has 0 radical (unpaired) electrons. The van der Waals surface area contributed by atoms with Crippen molar-refractivity contribution in [3.63, 3.8) is 0 Å². The highest BCUT2D eigenvalue weighted by Crippen LogP contribution is 2.41. The Kier molecular flexibility index (Phi) is 11.9. The molecule has 3 unspecified atom stereocenters. The molecule has 1 aromatic carbocycles. The molecule has 2 fully saturated rings. The Hall–Kier alpha value is -1.43. The van der Waals surface area contributed by atoms with Crippen molar-refractivity contribution < 1.29 is 17.9 Å². The molecule has 0 N–H and O–H groups in total. The van der Waals surface area contributed by atoms with E-state index in [1.165, 1.54) is 11.1 Å². The van der Waals surface area contributed by atoms with Crippen LogP contribution in [0.25, 0.3) is 0 Å². The minimum Gasteiger partial charge on any atom is -0.374 e. The molecule has 0 spiro atoms. The Bertz CT molecular complexity index is 1030. The number of rotatable bonds is 15. The van der Waals surface area contributed by atoms with Gasteiger partial charge in [0.1, 0.15) is 0 Å². The zero-order chi connectivity index (χ0) is 28.7. The summed E-state index contributed by atoms with van der Waals surface area (Å²) < 4.78 is 39.4. The minimum absolute atomic E-state index is 0.0169. The van der Waals surface area contributed by atoms with Crippen molar-refractivity contribution in [3.05, 3.63) is 54.6 Å². The first-order valence-corrected chi connectivity index (χ1v) is 17.0. The van der Waals surface area contributed by atoms with Crippen LogP contribution in [-0.4, -0.2) is 38.6 Å². The van der Waals surface area contributed by atoms with Gasteiger partial charge in [0.2, 0.25) is 0 Å². The third-order valence-electron chi connectivity index (χ3n) is 9.54. The zero-order valence-corrected chi connectivity index (χ0v) is 26.2. The predicted molar refractivity (Wildman–Crippen MR) is 163 cm³/mol. The molecule has 0 aromatic heterocycles. The molecular formula is C34H54O4S. The van der Waals surface area contributed by atoms with E-state index in [9.17, 15) is 8.42 Å². The van der Waals surface area contributed by atoms with Crippen LogP contribution < -0.4 is 0 Å². The van der Waals surface area contributed by atoms with Crippen molar-refractivity contribution in [1.29, 1.82) is 0 Å². The smallest absolute Gasteiger partial charge is 0.178 e. The number of allylic oxidation sites excluding steroid dienone is 1. The van der Waals surface area contributed by atoms with Crippen molar-refractivity contribution in [2.75, 3.05) is 5.75 Å². The lowest BCUT2D eigenvalue weighted by molar-refractivity contribution is 0.00926. The Morgan fingerprint density at radius 1 is 1.00 bits per heavy atom. The van der Waals surface area contributed by atoms with E-state index in [2.05, 4.69) is 54.7 Å². The number of ether oxygens (including phenoxy) is 2. The molecule has 2 saturated heterocycles. The van der Waals surface area contributed by atoms with Gasteiger partial charge in [0.05, 0.1) is 35.1 Å². The number of sulfone groups is 1. The van der Waals surface area contributed by atoms with E-state index >= 15 is 0 Å². The molecule has 2 aliphatic heterocycles. The summed E-state index contributed by atoms with van der Waals surface area (Å²) in [6, 6.07) is 8.89. The van der Waals surface area contributed by atoms with E-state index in [4.69, 9.17) is 9.47 Å². The lowest BCUT2D eigenvalue weighted by Gasteiger charge is -2.27. The Balaban J connectivity index is 1.59. The second-order valence-electron chi connectivity index (χ2n) is 12.8. The molecule has 220 valence electrons. The molecule has 0 aliphatic carbocycles. The topological polar surface area (TPSA) is 52.6 Å². The van der Waals surface area contributed by atoms with Crippen molar-refractivity contribution >= 4 is 9.84 Å². The van der Waals surface area contributed by atoms with Crippen LogP contribution in [0, 0.1) is 29.6 Å². The molecule has 3 rings (SSSR count). The van der Waals surface area contributed by atoms with E-state index in [1.807, 2.05) is 6.07 Å². The standard InChI is InChI=1S/C34H54O4S/c1-9-23(2)19-33-29(8)31(22-39(35,36)30-16-11-10-12-17-30)34(38-33)21-25(4)28(7)24(3)15-13-14-18-32-26(5)20-27(6)37-32/h10-12,16-17,23-25,27,29,31-34H,5,7,9,13-15,18-22H2,1-4,6,8H3/t23?,24-,25?,27+,29-,31-,32?,33-,34+/m1/s1. The van der Waals surface area contributed by atoms with Crippen LogP contribution in [0.2, 0.25) is 0 Å². The van der Waals surface area contributed by atoms with Crippen molar-refractivity contribution in [2.24, 2.45) is 29.6 Å². The molecule has 9 atom stereocenters. The van der Waals surface area contributed by atoms with Crippen molar-refractivity contribution in [2.45, 2.75) is 122 Å². The molecule has 0 bridgehead atoms. The second-order valence-corrected chi connectivity index (χ2v) is 14.8. The largest absolute Gasteiger partial charge is 0.374 e. The Labute approximate surface area is 239 Å². The van der Waals surface area contributed by atoms with Crippen molar-refractivity contribution in [3.8, 4) is 0 Å². The highest BCUT2D eigenvalue weighted by Gasteiger charge is 2.44. The van der Waals surface area contributed by atoms with E-state index in [-0.39, 0.29) is 41.8 Å². The van der Waals surface area contributed by atoms with Crippen LogP contribution in [0.3, 0.4) is 0 Å². The summed E-state index contributed by atoms with van der Waals surface area (Å²) in [6.07, 6.45) is 8.94. The number of benzene rings is 1. The van der Waals surface area contributed by atoms with Gasteiger partial charge >= 0.3 is 0 Å². The SMILES string of the molecule is C=C1C[C@H](C)OC1CCCC[C@@H](C)C(=C)C(C)C[C@@H]1O[C@H](CC(C)CC)[C@H](C)[C@H]1CS(=O)(=O)c1ccccc1. The average Bonchev–Trinajstić information content (AvgIpc) is 3.37. The van der Waals surface area contributed by atoms with Gasteiger partial charge < -0.3 is 9.47 Å². The number of hydrogen-bond acceptors (Lipinski definition) is 4. The van der Waals surface area contributed by atoms with Gasteiger partial charge in [-0.25, -0.2) is 8.42 Å². The molecule has 39 heavy (non-hydrogen) atoms. The van der Waals surface area contributed by atoms with E-state index in [0.29, 0.717) is 22.8 Å². The molecule has 0 saturated carbocycles. The number of unbranched alkanes of at least 4 members (excludes halogenated alkanes) is 1. The van der Waals surface area contributed by atoms with Gasteiger partial charge in [-0.1, -0.05) is 90.8 Å². The number of hydrogen-bond donors (Lipinski definition) is 0. The first kappa shape index (κ1) is 32.1. The molecule has 4 nitrogen and oxygen atoms in total. The molecular weight excluding hydrogens is 504 g/mol. The summed E-state index contributed by atoms with van der Waals surface area (Å²) in [5.41, 5.74) is 2.51. The van der Waals surface area contributed by atoms with Gasteiger partial charge in [-0.15, -0.1) is 0 Å². The maximum atomic E-state index is 13.4. The van der Waals surface area contributed by atoms with Crippen LogP contribution in [0.15, 0.2) is 59.5 Å². The minimum atomic E-state index is -3.39. The quantitative estimate of drug-likeness (QED) is 0.160. The van der Waals surface area contributed by atoms with Gasteiger partial charge in [-0.05, 0) is 80.4 Å². The highest BCUT2D eigenvalue weighted by atomic mass is 32.2. The maximum absolute atomic E-state index is 13.4. The Morgan fingerprint density at radius 2 is 1.69 bits per heavy atom. The first-order valence-electron chi connectivity index (χ1n) is 15.4. The van der Waals surface area contributed by atoms with Crippen LogP contribution in [0.5, 0.6) is 0 Å². The van der Waals surface area contributed by atoms with Crippen LogP contribution in [-0.2, 0) is 19.3 Å². The highest BCUT2D eigenvalue weighted by molar-refractivity contribution is 7.91. The lowest BCUT2D eigenvalue weighted by atomic mass is 9.80. The molecule has 2 heterocycles. The summed E-state index contributed by atoms with van der Waals surface area (Å²) in [7, 11) is -3.39. The van der Waals surface area contributed by atoms with E-state index < -0.39 is 9.84 Å². The van der Waals surface area contributed by atoms with E-state index in [1.54, 1.807) is 24.3 Å². The van der Waals surface area contributed by atoms with E-state index in [0.717, 1.165) is 51.4 Å². The lowest BCUT2D eigenvalue weighted by Crippen LogP contribution is -2.30. The van der Waals surface area contributed by atoms with Crippen LogP contribution in [0.4, 0.5) is 0 Å². The molecule has 5 heteroatoms. The fraction of sp³-hybridized carbons (Fsp3) is 0.706. The maximum Gasteiger partial charge on any atom is 0.178 e. The van der Waals surface area contributed by atoms with Gasteiger partial charge in [0.15, 0.2) is 9.84 Å². The molecule has 2 aliphatic rings. The van der Waals surface area contributed by atoms with Gasteiger partial charge in [0.25, 0.3) is 0 Å². The third-order valence-corrected chi connectivity index (χ3v) is 11.4. The van der Waals surface area contributed by atoms with Gasteiger partial charge in [-0.3, -0.25) is 0 Å². The fourth-order valence-electron chi connectivity index (χ4n) is 6.51. The fourth-order valence-corrected chi connectivity index (χ4v) is 8.30. The summed E-state index contributed by atoms with van der Waals surface area (Å²) in [4.78, 5) is 0.411. The summed E-state index contributed by atoms with van der Waals surface area (Å²) >= 11 is 0. The van der Waals surface area contributed by atoms with Gasteiger partial charge in [-0.2, -0.15) is 0 Å².